The molecule has 0 aliphatic heterocycles. The molecule has 0 atom stereocenters. The SMILES string of the molecule is Br.O=C(O)C(CF)=C(F)F. The molecule has 2 nitrogen and oxygen atoms in total. The van der Waals surface area contributed by atoms with Crippen molar-refractivity contribution in [1.82, 2.24) is 0 Å². The summed E-state index contributed by atoms with van der Waals surface area (Å²) in [4.78, 5) is 9.59. The summed E-state index contributed by atoms with van der Waals surface area (Å²) < 4.78 is 33.7. The molecule has 0 aromatic rings. The van der Waals surface area contributed by atoms with Crippen LogP contribution in [-0.2, 0) is 4.79 Å². The Labute approximate surface area is 65.1 Å². The Morgan fingerprint density at radius 2 is 1.80 bits per heavy atom. The van der Waals surface area contributed by atoms with Crippen LogP contribution in [0.25, 0.3) is 0 Å². The van der Waals surface area contributed by atoms with Crippen LogP contribution in [0.5, 0.6) is 0 Å². The maximum Gasteiger partial charge on any atom is 0.339 e. The van der Waals surface area contributed by atoms with Crippen LogP contribution < -0.4 is 0 Å². The first-order chi connectivity index (χ1) is 4.09. The Kier molecular flexibility index (Phi) is 6.43. The van der Waals surface area contributed by atoms with Gasteiger partial charge in [-0.15, -0.1) is 17.0 Å². The molecule has 1 N–H and O–H groups in total. The van der Waals surface area contributed by atoms with Gasteiger partial charge in [0.15, 0.2) is 0 Å². The highest BCUT2D eigenvalue weighted by molar-refractivity contribution is 8.93. The maximum atomic E-state index is 11.2. The monoisotopic (exact) mass is 220 g/mol. The summed E-state index contributed by atoms with van der Waals surface area (Å²) in [5.74, 6) is -1.92. The fraction of sp³-hybridized carbons (Fsp3) is 0.250. The van der Waals surface area contributed by atoms with E-state index >= 15 is 0 Å². The van der Waals surface area contributed by atoms with Crippen LogP contribution in [0.15, 0.2) is 11.7 Å². The average molecular weight is 221 g/mol. The largest absolute Gasteiger partial charge is 0.478 e. The third-order valence-electron chi connectivity index (χ3n) is 0.620. The summed E-state index contributed by atoms with van der Waals surface area (Å²) in [6, 6.07) is 0. The second kappa shape index (κ2) is 5.28. The van der Waals surface area contributed by atoms with Crippen molar-refractivity contribution in [2.75, 3.05) is 6.67 Å². The molecule has 0 bridgehead atoms. The van der Waals surface area contributed by atoms with E-state index in [0.29, 0.717) is 0 Å². The van der Waals surface area contributed by atoms with Crippen molar-refractivity contribution in [2.45, 2.75) is 0 Å². The second-order valence-electron chi connectivity index (χ2n) is 1.18. The predicted octanol–water partition coefficient (Wildman–Crippen LogP) is 1.77. The van der Waals surface area contributed by atoms with E-state index in [1.165, 1.54) is 0 Å². The smallest absolute Gasteiger partial charge is 0.339 e. The van der Waals surface area contributed by atoms with E-state index in [2.05, 4.69) is 0 Å². The Morgan fingerprint density at radius 3 is 1.80 bits per heavy atom. The lowest BCUT2D eigenvalue weighted by atomic mass is 10.3. The standard InChI is InChI=1S/C4H3F3O2.BrH/c5-1-2(3(6)7)4(8)9;/h1H2,(H,8,9);1H. The van der Waals surface area contributed by atoms with Gasteiger partial charge in [-0.25, -0.2) is 9.18 Å². The van der Waals surface area contributed by atoms with Gasteiger partial charge >= 0.3 is 5.97 Å². The molecular weight excluding hydrogens is 217 g/mol. The number of carbonyl (C=O) groups is 1. The lowest BCUT2D eigenvalue weighted by Crippen LogP contribution is -2.02. The van der Waals surface area contributed by atoms with Crippen molar-refractivity contribution >= 4 is 23.0 Å². The van der Waals surface area contributed by atoms with Gasteiger partial charge in [0.05, 0.1) is 0 Å². The minimum atomic E-state index is -2.48. The van der Waals surface area contributed by atoms with E-state index in [1.54, 1.807) is 0 Å². The zero-order valence-electron chi connectivity index (χ0n) is 4.60. The summed E-state index contributed by atoms with van der Waals surface area (Å²) in [5, 5.41) is 7.77. The number of carboxylic acid groups (broad SMARTS) is 1. The van der Waals surface area contributed by atoms with Crippen molar-refractivity contribution in [3.05, 3.63) is 11.7 Å². The molecule has 0 aromatic carbocycles. The highest BCUT2D eigenvalue weighted by Gasteiger charge is 2.13. The molecular formula is C4H4BrF3O2. The minimum Gasteiger partial charge on any atom is -0.478 e. The van der Waals surface area contributed by atoms with E-state index in [0.717, 1.165) is 0 Å². The fourth-order valence-corrected chi connectivity index (χ4v) is 0.188. The van der Waals surface area contributed by atoms with Gasteiger partial charge in [0.25, 0.3) is 6.08 Å². The van der Waals surface area contributed by atoms with Gasteiger partial charge in [-0.05, 0) is 0 Å². The number of carboxylic acids is 1. The maximum absolute atomic E-state index is 11.2. The predicted molar refractivity (Wildman–Crippen MR) is 33.2 cm³/mol. The van der Waals surface area contributed by atoms with Crippen molar-refractivity contribution in [2.24, 2.45) is 0 Å². The number of halogens is 4. The molecule has 0 radical (unpaired) electrons. The van der Waals surface area contributed by atoms with Crippen molar-refractivity contribution in [3.8, 4) is 0 Å². The number of hydrogen-bond acceptors (Lipinski definition) is 1. The molecule has 0 fully saturated rings. The minimum absolute atomic E-state index is 0. The molecule has 0 aromatic heterocycles. The van der Waals surface area contributed by atoms with Crippen LogP contribution in [0.1, 0.15) is 0 Å². The summed E-state index contributed by atoms with van der Waals surface area (Å²) >= 11 is 0. The van der Waals surface area contributed by atoms with Gasteiger partial charge < -0.3 is 5.11 Å². The van der Waals surface area contributed by atoms with Gasteiger partial charge in [-0.2, -0.15) is 8.78 Å². The molecule has 0 aliphatic rings. The summed E-state index contributed by atoms with van der Waals surface area (Å²) in [6.07, 6.45) is -2.48. The van der Waals surface area contributed by atoms with Crippen molar-refractivity contribution in [1.29, 1.82) is 0 Å². The van der Waals surface area contributed by atoms with Crippen molar-refractivity contribution in [3.63, 3.8) is 0 Å². The van der Waals surface area contributed by atoms with Gasteiger partial charge in [0.2, 0.25) is 0 Å². The first kappa shape index (κ1) is 12.2. The number of rotatable bonds is 2. The quantitative estimate of drug-likeness (QED) is 0.721. The van der Waals surface area contributed by atoms with E-state index in [-0.39, 0.29) is 17.0 Å². The molecule has 0 amide bonds. The third-order valence-corrected chi connectivity index (χ3v) is 0.620. The second-order valence-corrected chi connectivity index (χ2v) is 1.18. The Bertz CT molecular complexity index is 153. The number of alkyl halides is 1. The number of hydrogen-bond donors (Lipinski definition) is 1. The molecule has 0 aliphatic carbocycles. The first-order valence-corrected chi connectivity index (χ1v) is 1.93. The Morgan fingerprint density at radius 1 is 1.40 bits per heavy atom. The molecule has 0 spiro atoms. The van der Waals surface area contributed by atoms with E-state index in [1.807, 2.05) is 0 Å². The summed E-state index contributed by atoms with van der Waals surface area (Å²) in [5.41, 5.74) is -1.48. The highest BCUT2D eigenvalue weighted by Crippen LogP contribution is 2.07. The van der Waals surface area contributed by atoms with E-state index < -0.39 is 24.3 Å². The lowest BCUT2D eigenvalue weighted by molar-refractivity contribution is -0.133. The van der Waals surface area contributed by atoms with Crippen LogP contribution in [-0.4, -0.2) is 17.8 Å². The molecule has 10 heavy (non-hydrogen) atoms. The molecule has 6 heteroatoms. The van der Waals surface area contributed by atoms with Crippen LogP contribution in [0.4, 0.5) is 13.2 Å². The normalized spacial score (nSPS) is 7.90. The topological polar surface area (TPSA) is 37.3 Å². The summed E-state index contributed by atoms with van der Waals surface area (Å²) in [6.45, 7) is -1.64. The van der Waals surface area contributed by atoms with Gasteiger partial charge in [0.1, 0.15) is 12.2 Å². The highest BCUT2D eigenvalue weighted by atomic mass is 79.9. The van der Waals surface area contributed by atoms with Crippen LogP contribution in [0.3, 0.4) is 0 Å². The van der Waals surface area contributed by atoms with Gasteiger partial charge in [-0.1, -0.05) is 0 Å². The first-order valence-electron chi connectivity index (χ1n) is 1.93. The van der Waals surface area contributed by atoms with Crippen LogP contribution >= 0.6 is 17.0 Å². The van der Waals surface area contributed by atoms with Gasteiger partial charge in [0, 0.05) is 0 Å². The molecule has 0 saturated heterocycles. The van der Waals surface area contributed by atoms with Crippen LogP contribution in [0.2, 0.25) is 0 Å². The molecule has 0 saturated carbocycles. The fourth-order valence-electron chi connectivity index (χ4n) is 0.188. The summed E-state index contributed by atoms with van der Waals surface area (Å²) in [7, 11) is 0. The van der Waals surface area contributed by atoms with E-state index in [4.69, 9.17) is 5.11 Å². The molecule has 0 rings (SSSR count). The average Bonchev–Trinajstić information content (AvgIpc) is 1.64. The Hall–Kier alpha value is -0.520. The molecule has 60 valence electrons. The van der Waals surface area contributed by atoms with Gasteiger partial charge in [-0.3, -0.25) is 0 Å². The van der Waals surface area contributed by atoms with Crippen LogP contribution in [0, 0.1) is 0 Å². The Balaban J connectivity index is 0. The zero-order chi connectivity index (χ0) is 7.44. The van der Waals surface area contributed by atoms with Crippen molar-refractivity contribution < 1.29 is 23.1 Å². The molecule has 0 heterocycles. The van der Waals surface area contributed by atoms with E-state index in [9.17, 15) is 18.0 Å². The zero-order valence-corrected chi connectivity index (χ0v) is 6.32. The third kappa shape index (κ3) is 3.49. The lowest BCUT2D eigenvalue weighted by Gasteiger charge is -1.89. The number of aliphatic carboxylic acids is 1. The molecule has 0 unspecified atom stereocenters.